The third-order valence-corrected chi connectivity index (χ3v) is 4.78. The SMILES string of the molecule is NS(=O)(=O)c1ccc(OCCSc2ncccc2Cl)cc1. The summed E-state index contributed by atoms with van der Waals surface area (Å²) < 4.78 is 27.7. The van der Waals surface area contributed by atoms with E-state index < -0.39 is 10.0 Å². The Balaban J connectivity index is 1.83. The van der Waals surface area contributed by atoms with E-state index in [0.717, 1.165) is 5.03 Å². The second kappa shape index (κ2) is 7.13. The molecule has 2 N–H and O–H groups in total. The van der Waals surface area contributed by atoms with Gasteiger partial charge in [-0.25, -0.2) is 18.5 Å². The van der Waals surface area contributed by atoms with E-state index in [1.807, 2.05) is 0 Å². The summed E-state index contributed by atoms with van der Waals surface area (Å²) in [5.41, 5.74) is 0. The zero-order chi connectivity index (χ0) is 15.3. The lowest BCUT2D eigenvalue weighted by molar-refractivity contribution is 0.343. The Labute approximate surface area is 132 Å². The lowest BCUT2D eigenvalue weighted by Crippen LogP contribution is -2.11. The third kappa shape index (κ3) is 4.89. The summed E-state index contributed by atoms with van der Waals surface area (Å²) in [6.07, 6.45) is 1.68. The van der Waals surface area contributed by atoms with Gasteiger partial charge in [-0.2, -0.15) is 0 Å². The normalized spacial score (nSPS) is 11.3. The van der Waals surface area contributed by atoms with Crippen molar-refractivity contribution in [1.29, 1.82) is 0 Å². The van der Waals surface area contributed by atoms with E-state index in [9.17, 15) is 8.42 Å². The first kappa shape index (κ1) is 16.1. The summed E-state index contributed by atoms with van der Waals surface area (Å²) >= 11 is 7.48. The summed E-state index contributed by atoms with van der Waals surface area (Å²) in [5.74, 6) is 1.25. The maximum atomic E-state index is 11.1. The molecular weight excluding hydrogens is 332 g/mol. The number of nitrogens with zero attached hydrogens (tertiary/aromatic N) is 1. The highest BCUT2D eigenvalue weighted by atomic mass is 35.5. The predicted octanol–water partition coefficient (Wildman–Crippen LogP) is 2.55. The average molecular weight is 345 g/mol. The van der Waals surface area contributed by atoms with Gasteiger partial charge in [0.25, 0.3) is 0 Å². The molecule has 0 atom stereocenters. The maximum Gasteiger partial charge on any atom is 0.238 e. The topological polar surface area (TPSA) is 82.3 Å². The van der Waals surface area contributed by atoms with Gasteiger partial charge in [0.1, 0.15) is 10.8 Å². The highest BCUT2D eigenvalue weighted by molar-refractivity contribution is 7.99. The zero-order valence-electron chi connectivity index (χ0n) is 10.9. The van der Waals surface area contributed by atoms with Crippen LogP contribution in [0.4, 0.5) is 0 Å². The van der Waals surface area contributed by atoms with Gasteiger partial charge < -0.3 is 4.74 Å². The van der Waals surface area contributed by atoms with E-state index >= 15 is 0 Å². The predicted molar refractivity (Wildman–Crippen MR) is 83.3 cm³/mol. The molecule has 0 amide bonds. The Morgan fingerprint density at radius 2 is 1.95 bits per heavy atom. The lowest BCUT2D eigenvalue weighted by Gasteiger charge is -2.07. The number of primary sulfonamides is 1. The minimum Gasteiger partial charge on any atom is -0.493 e. The van der Waals surface area contributed by atoms with Gasteiger partial charge >= 0.3 is 0 Å². The fourth-order valence-electron chi connectivity index (χ4n) is 1.50. The summed E-state index contributed by atoms with van der Waals surface area (Å²) in [6, 6.07) is 9.51. The minimum atomic E-state index is -3.67. The van der Waals surface area contributed by atoms with Crippen LogP contribution < -0.4 is 9.88 Å². The number of hydrogen-bond donors (Lipinski definition) is 1. The van der Waals surface area contributed by atoms with Gasteiger partial charge in [-0.3, -0.25) is 0 Å². The number of sulfonamides is 1. The number of ether oxygens (including phenoxy) is 1. The summed E-state index contributed by atoms with van der Waals surface area (Å²) in [5, 5.41) is 6.38. The first-order chi connectivity index (χ1) is 9.97. The van der Waals surface area contributed by atoms with Crippen molar-refractivity contribution < 1.29 is 13.2 Å². The van der Waals surface area contributed by atoms with Crippen molar-refractivity contribution in [3.05, 3.63) is 47.6 Å². The number of nitrogens with two attached hydrogens (primary N) is 1. The van der Waals surface area contributed by atoms with E-state index in [4.69, 9.17) is 21.5 Å². The number of pyridine rings is 1. The van der Waals surface area contributed by atoms with Crippen molar-refractivity contribution in [2.75, 3.05) is 12.4 Å². The maximum absolute atomic E-state index is 11.1. The first-order valence-electron chi connectivity index (χ1n) is 5.96. The molecule has 8 heteroatoms. The smallest absolute Gasteiger partial charge is 0.238 e. The monoisotopic (exact) mass is 344 g/mol. The first-order valence-corrected chi connectivity index (χ1v) is 8.87. The molecule has 112 valence electrons. The molecular formula is C13H13ClN2O3S2. The van der Waals surface area contributed by atoms with Crippen LogP contribution in [-0.4, -0.2) is 25.8 Å². The van der Waals surface area contributed by atoms with Gasteiger partial charge in [-0.05, 0) is 36.4 Å². The molecule has 2 rings (SSSR count). The van der Waals surface area contributed by atoms with Crippen LogP contribution in [0.1, 0.15) is 0 Å². The van der Waals surface area contributed by atoms with Gasteiger partial charge in [0.15, 0.2) is 0 Å². The molecule has 5 nitrogen and oxygen atoms in total. The van der Waals surface area contributed by atoms with Gasteiger partial charge in [0, 0.05) is 11.9 Å². The second-order valence-electron chi connectivity index (χ2n) is 4.00. The number of benzene rings is 1. The van der Waals surface area contributed by atoms with Crippen LogP contribution in [0.3, 0.4) is 0 Å². The molecule has 21 heavy (non-hydrogen) atoms. The molecule has 0 radical (unpaired) electrons. The van der Waals surface area contributed by atoms with E-state index in [1.165, 1.54) is 23.9 Å². The number of rotatable bonds is 6. The molecule has 1 aromatic heterocycles. The standard InChI is InChI=1S/C13H13ClN2O3S2/c14-12-2-1-7-16-13(12)20-9-8-19-10-3-5-11(6-4-10)21(15,17)18/h1-7H,8-9H2,(H2,15,17,18). The Hall–Kier alpha value is -1.28. The number of hydrogen-bond acceptors (Lipinski definition) is 5. The Kier molecular flexibility index (Phi) is 5.46. The van der Waals surface area contributed by atoms with Crippen molar-refractivity contribution in [2.45, 2.75) is 9.92 Å². The van der Waals surface area contributed by atoms with Crippen molar-refractivity contribution in [1.82, 2.24) is 4.98 Å². The van der Waals surface area contributed by atoms with Gasteiger partial charge in [0.2, 0.25) is 10.0 Å². The number of aromatic nitrogens is 1. The Bertz CT molecular complexity index is 706. The average Bonchev–Trinajstić information content (AvgIpc) is 2.45. The third-order valence-electron chi connectivity index (χ3n) is 2.47. The van der Waals surface area contributed by atoms with Crippen LogP contribution in [0.5, 0.6) is 5.75 Å². The Morgan fingerprint density at radius 3 is 2.57 bits per heavy atom. The van der Waals surface area contributed by atoms with Crippen LogP contribution >= 0.6 is 23.4 Å². The highest BCUT2D eigenvalue weighted by Gasteiger charge is 2.07. The lowest BCUT2D eigenvalue weighted by atomic mass is 10.3. The van der Waals surface area contributed by atoms with Crippen LogP contribution in [0.25, 0.3) is 0 Å². The van der Waals surface area contributed by atoms with Crippen molar-refractivity contribution in [3.8, 4) is 5.75 Å². The fraction of sp³-hybridized carbons (Fsp3) is 0.154. The van der Waals surface area contributed by atoms with E-state index in [0.29, 0.717) is 23.1 Å². The van der Waals surface area contributed by atoms with Crippen molar-refractivity contribution >= 4 is 33.4 Å². The van der Waals surface area contributed by atoms with Crippen LogP contribution in [-0.2, 0) is 10.0 Å². The largest absolute Gasteiger partial charge is 0.493 e. The van der Waals surface area contributed by atoms with E-state index in [2.05, 4.69) is 4.98 Å². The van der Waals surface area contributed by atoms with E-state index in [1.54, 1.807) is 30.5 Å². The molecule has 0 saturated carbocycles. The van der Waals surface area contributed by atoms with Crippen molar-refractivity contribution in [3.63, 3.8) is 0 Å². The zero-order valence-corrected chi connectivity index (χ0v) is 13.3. The van der Waals surface area contributed by atoms with Gasteiger partial charge in [-0.15, -0.1) is 11.8 Å². The number of thioether (sulfide) groups is 1. The molecule has 1 heterocycles. The van der Waals surface area contributed by atoms with Crippen LogP contribution in [0.2, 0.25) is 5.02 Å². The molecule has 0 saturated heterocycles. The van der Waals surface area contributed by atoms with Crippen LogP contribution in [0.15, 0.2) is 52.5 Å². The fourth-order valence-corrected chi connectivity index (χ4v) is 3.00. The molecule has 0 unspecified atom stereocenters. The molecule has 0 spiro atoms. The summed E-state index contributed by atoms with van der Waals surface area (Å²) in [7, 11) is -3.67. The summed E-state index contributed by atoms with van der Waals surface area (Å²) in [4.78, 5) is 4.22. The van der Waals surface area contributed by atoms with Crippen molar-refractivity contribution in [2.24, 2.45) is 5.14 Å². The second-order valence-corrected chi connectivity index (χ2v) is 7.06. The molecule has 0 aliphatic rings. The highest BCUT2D eigenvalue weighted by Crippen LogP contribution is 2.24. The molecule has 0 aliphatic heterocycles. The molecule has 0 aliphatic carbocycles. The molecule has 0 fully saturated rings. The van der Waals surface area contributed by atoms with Gasteiger partial charge in [-0.1, -0.05) is 11.6 Å². The minimum absolute atomic E-state index is 0.0597. The molecule has 0 bridgehead atoms. The number of halogens is 1. The molecule has 1 aromatic carbocycles. The van der Waals surface area contributed by atoms with E-state index in [-0.39, 0.29) is 4.90 Å². The Morgan fingerprint density at radius 1 is 1.24 bits per heavy atom. The quantitative estimate of drug-likeness (QED) is 0.643. The summed E-state index contributed by atoms with van der Waals surface area (Å²) in [6.45, 7) is 0.451. The molecule has 2 aromatic rings. The van der Waals surface area contributed by atoms with Crippen LogP contribution in [0, 0.1) is 0 Å². The van der Waals surface area contributed by atoms with Gasteiger partial charge in [0.05, 0.1) is 16.5 Å².